The van der Waals surface area contributed by atoms with Crippen molar-refractivity contribution in [2.45, 2.75) is 11.8 Å². The highest BCUT2D eigenvalue weighted by atomic mass is 35.5. The summed E-state index contributed by atoms with van der Waals surface area (Å²) in [4.78, 5) is -0.0580. The summed E-state index contributed by atoms with van der Waals surface area (Å²) in [7, 11) is -3.83. The molecular formula is C14H10Cl2N2O2S. The van der Waals surface area contributed by atoms with Gasteiger partial charge in [0, 0.05) is 5.02 Å². The van der Waals surface area contributed by atoms with Crippen molar-refractivity contribution in [3.8, 4) is 6.07 Å². The largest absolute Gasteiger partial charge is 0.279 e. The van der Waals surface area contributed by atoms with Gasteiger partial charge in [0.1, 0.15) is 4.90 Å². The van der Waals surface area contributed by atoms with Gasteiger partial charge in [0.15, 0.2) is 0 Å². The van der Waals surface area contributed by atoms with E-state index in [0.717, 1.165) is 0 Å². The van der Waals surface area contributed by atoms with Crippen LogP contribution in [0.2, 0.25) is 10.0 Å². The molecule has 0 unspecified atom stereocenters. The van der Waals surface area contributed by atoms with Crippen LogP contribution in [0.25, 0.3) is 0 Å². The number of hydrogen-bond donors (Lipinski definition) is 1. The van der Waals surface area contributed by atoms with Crippen molar-refractivity contribution in [3.05, 3.63) is 57.6 Å². The monoisotopic (exact) mass is 340 g/mol. The molecule has 2 aromatic rings. The van der Waals surface area contributed by atoms with Crippen molar-refractivity contribution in [1.82, 2.24) is 0 Å². The molecule has 0 radical (unpaired) electrons. The molecule has 0 atom stereocenters. The summed E-state index contributed by atoms with van der Waals surface area (Å²) < 4.78 is 27.1. The molecule has 21 heavy (non-hydrogen) atoms. The molecule has 0 spiro atoms. The van der Waals surface area contributed by atoms with E-state index in [1.165, 1.54) is 30.3 Å². The van der Waals surface area contributed by atoms with Crippen LogP contribution in [0.5, 0.6) is 0 Å². The lowest BCUT2D eigenvalue weighted by atomic mass is 10.1. The molecule has 0 saturated carbocycles. The number of hydrogen-bond acceptors (Lipinski definition) is 3. The molecule has 0 saturated heterocycles. The Balaban J connectivity index is 2.40. The Morgan fingerprint density at radius 3 is 2.43 bits per heavy atom. The summed E-state index contributed by atoms with van der Waals surface area (Å²) in [6.07, 6.45) is 0. The lowest BCUT2D eigenvalue weighted by Crippen LogP contribution is -2.14. The van der Waals surface area contributed by atoms with Crippen LogP contribution >= 0.6 is 23.2 Å². The minimum atomic E-state index is -3.83. The normalized spacial score (nSPS) is 11.0. The van der Waals surface area contributed by atoms with E-state index in [9.17, 15) is 8.42 Å². The molecule has 0 amide bonds. The van der Waals surface area contributed by atoms with E-state index in [1.807, 2.05) is 6.07 Å². The van der Waals surface area contributed by atoms with Crippen LogP contribution < -0.4 is 4.72 Å². The van der Waals surface area contributed by atoms with E-state index in [4.69, 9.17) is 28.5 Å². The zero-order valence-corrected chi connectivity index (χ0v) is 13.2. The molecule has 4 nitrogen and oxygen atoms in total. The smallest absolute Gasteiger partial charge is 0.263 e. The molecule has 0 aliphatic carbocycles. The molecule has 0 bridgehead atoms. The quantitative estimate of drug-likeness (QED) is 0.918. The predicted molar refractivity (Wildman–Crippen MR) is 83.2 cm³/mol. The van der Waals surface area contributed by atoms with Gasteiger partial charge in [0.2, 0.25) is 0 Å². The Hall–Kier alpha value is -1.74. The van der Waals surface area contributed by atoms with E-state index >= 15 is 0 Å². The van der Waals surface area contributed by atoms with Gasteiger partial charge in [-0.2, -0.15) is 5.26 Å². The Labute approximate surface area is 133 Å². The maximum absolute atomic E-state index is 12.3. The fraction of sp³-hybridized carbons (Fsp3) is 0.0714. The third kappa shape index (κ3) is 3.48. The van der Waals surface area contributed by atoms with Gasteiger partial charge in [0.25, 0.3) is 10.0 Å². The highest BCUT2D eigenvalue weighted by molar-refractivity contribution is 7.92. The van der Waals surface area contributed by atoms with Crippen molar-refractivity contribution < 1.29 is 8.42 Å². The van der Waals surface area contributed by atoms with Crippen LogP contribution in [0.15, 0.2) is 41.3 Å². The molecular weight excluding hydrogens is 331 g/mol. The van der Waals surface area contributed by atoms with Gasteiger partial charge in [-0.1, -0.05) is 23.2 Å². The van der Waals surface area contributed by atoms with E-state index in [1.54, 1.807) is 13.0 Å². The van der Waals surface area contributed by atoms with Crippen molar-refractivity contribution in [3.63, 3.8) is 0 Å². The fourth-order valence-electron chi connectivity index (χ4n) is 1.74. The lowest BCUT2D eigenvalue weighted by molar-refractivity contribution is 0.601. The first-order chi connectivity index (χ1) is 9.83. The zero-order chi connectivity index (χ0) is 15.6. The van der Waals surface area contributed by atoms with Crippen LogP contribution in [0.1, 0.15) is 11.1 Å². The second-order valence-electron chi connectivity index (χ2n) is 4.32. The molecule has 108 valence electrons. The van der Waals surface area contributed by atoms with Gasteiger partial charge < -0.3 is 0 Å². The highest BCUT2D eigenvalue weighted by Gasteiger charge is 2.19. The number of nitrogens with zero attached hydrogens (tertiary/aromatic N) is 1. The van der Waals surface area contributed by atoms with Gasteiger partial charge in [-0.05, 0) is 48.9 Å². The molecule has 0 aliphatic heterocycles. The van der Waals surface area contributed by atoms with Gasteiger partial charge in [-0.15, -0.1) is 0 Å². The summed E-state index contributed by atoms with van der Waals surface area (Å²) in [6.45, 7) is 1.71. The SMILES string of the molecule is Cc1cc(C#N)ccc1NS(=O)(=O)c1ccc(Cl)cc1Cl. The first kappa shape index (κ1) is 15.6. The number of aryl methyl sites for hydroxylation is 1. The zero-order valence-electron chi connectivity index (χ0n) is 10.9. The first-order valence-corrected chi connectivity index (χ1v) is 8.06. The Morgan fingerprint density at radius 1 is 1.14 bits per heavy atom. The number of nitrogens with one attached hydrogen (secondary N) is 1. The Morgan fingerprint density at radius 2 is 1.86 bits per heavy atom. The summed E-state index contributed by atoms with van der Waals surface area (Å²) in [5, 5.41) is 9.21. The molecule has 0 heterocycles. The second kappa shape index (κ2) is 5.94. The Kier molecular flexibility index (Phi) is 4.43. The van der Waals surface area contributed by atoms with Gasteiger partial charge in [0.05, 0.1) is 22.3 Å². The average Bonchev–Trinajstić information content (AvgIpc) is 2.40. The maximum Gasteiger partial charge on any atom is 0.263 e. The number of rotatable bonds is 3. The molecule has 7 heteroatoms. The average molecular weight is 341 g/mol. The number of anilines is 1. The summed E-state index contributed by atoms with van der Waals surface area (Å²) in [5.41, 5.74) is 1.49. The molecule has 0 aromatic heterocycles. The standard InChI is InChI=1S/C14H10Cl2N2O2S/c1-9-6-10(8-17)2-4-13(9)18-21(19,20)14-5-3-11(15)7-12(14)16/h2-7,18H,1H3. The number of nitriles is 1. The molecule has 1 N–H and O–H groups in total. The van der Waals surface area contributed by atoms with Crippen molar-refractivity contribution in [1.29, 1.82) is 5.26 Å². The number of halogens is 2. The minimum Gasteiger partial charge on any atom is -0.279 e. The third-order valence-corrected chi connectivity index (χ3v) is 4.87. The maximum atomic E-state index is 12.3. The fourth-order valence-corrected chi connectivity index (χ4v) is 3.65. The highest BCUT2D eigenvalue weighted by Crippen LogP contribution is 2.27. The summed E-state index contributed by atoms with van der Waals surface area (Å²) in [6, 6.07) is 10.8. The van der Waals surface area contributed by atoms with E-state index < -0.39 is 10.0 Å². The predicted octanol–water partition coefficient (Wildman–Crippen LogP) is 3.97. The lowest BCUT2D eigenvalue weighted by Gasteiger charge is -2.12. The molecule has 0 fully saturated rings. The summed E-state index contributed by atoms with van der Waals surface area (Å²) >= 11 is 11.7. The van der Waals surface area contributed by atoms with Gasteiger partial charge >= 0.3 is 0 Å². The first-order valence-electron chi connectivity index (χ1n) is 5.82. The second-order valence-corrected chi connectivity index (χ2v) is 6.82. The number of sulfonamides is 1. The molecule has 2 rings (SSSR count). The number of benzene rings is 2. The topological polar surface area (TPSA) is 70.0 Å². The Bertz CT molecular complexity index is 843. The van der Waals surface area contributed by atoms with Crippen LogP contribution in [0.3, 0.4) is 0 Å². The molecule has 0 aliphatic rings. The van der Waals surface area contributed by atoms with Crippen LogP contribution in [0, 0.1) is 18.3 Å². The van der Waals surface area contributed by atoms with Crippen molar-refractivity contribution in [2.24, 2.45) is 0 Å². The van der Waals surface area contributed by atoms with Crippen molar-refractivity contribution >= 4 is 38.9 Å². The third-order valence-electron chi connectivity index (χ3n) is 2.78. The van der Waals surface area contributed by atoms with Crippen LogP contribution in [0.4, 0.5) is 5.69 Å². The van der Waals surface area contributed by atoms with Crippen molar-refractivity contribution in [2.75, 3.05) is 4.72 Å². The van der Waals surface area contributed by atoms with Gasteiger partial charge in [-0.25, -0.2) is 8.42 Å². The van der Waals surface area contributed by atoms with E-state index in [0.29, 0.717) is 21.8 Å². The minimum absolute atomic E-state index is 0.0429. The van der Waals surface area contributed by atoms with Crippen LogP contribution in [-0.4, -0.2) is 8.42 Å². The van der Waals surface area contributed by atoms with Crippen LogP contribution in [-0.2, 0) is 10.0 Å². The van der Waals surface area contributed by atoms with E-state index in [2.05, 4.69) is 4.72 Å². The molecule has 2 aromatic carbocycles. The summed E-state index contributed by atoms with van der Waals surface area (Å²) in [5.74, 6) is 0. The van der Waals surface area contributed by atoms with Gasteiger partial charge in [-0.3, -0.25) is 4.72 Å². The van der Waals surface area contributed by atoms with E-state index in [-0.39, 0.29) is 9.92 Å².